The molecule has 0 fully saturated rings. The van der Waals surface area contributed by atoms with Gasteiger partial charge in [-0.3, -0.25) is 9.59 Å². The van der Waals surface area contributed by atoms with Gasteiger partial charge in [0.15, 0.2) is 9.84 Å². The average Bonchev–Trinajstić information content (AvgIpc) is 2.88. The molecule has 0 aliphatic carbocycles. The van der Waals surface area contributed by atoms with Gasteiger partial charge in [0.05, 0.1) is 11.5 Å². The molecule has 9 heteroatoms. The lowest BCUT2D eigenvalue weighted by atomic mass is 10.1. The molecule has 4 aromatic carbocycles. The van der Waals surface area contributed by atoms with E-state index in [1.54, 1.807) is 72.8 Å². The Bertz CT molecular complexity index is 1540. The lowest BCUT2D eigenvalue weighted by Gasteiger charge is -2.13. The van der Waals surface area contributed by atoms with E-state index in [9.17, 15) is 18.0 Å². The molecular formula is C32H32N2O6S. The number of hydrogen-bond acceptors (Lipinski definition) is 6. The maximum atomic E-state index is 13.0. The van der Waals surface area contributed by atoms with Crippen molar-refractivity contribution in [3.63, 3.8) is 0 Å². The number of rotatable bonds is 10. The average molecular weight is 573 g/mol. The lowest BCUT2D eigenvalue weighted by Crippen LogP contribution is -2.08. The number of anilines is 2. The highest BCUT2D eigenvalue weighted by atomic mass is 32.2. The van der Waals surface area contributed by atoms with E-state index in [1.165, 1.54) is 13.8 Å². The summed E-state index contributed by atoms with van der Waals surface area (Å²) in [5.41, 5.74) is 4.32. The van der Waals surface area contributed by atoms with Crippen LogP contribution in [0.1, 0.15) is 36.1 Å². The Hall–Kier alpha value is -4.63. The fraction of sp³-hybridized carbons (Fsp3) is 0.188. The van der Waals surface area contributed by atoms with Crippen molar-refractivity contribution in [2.45, 2.75) is 39.2 Å². The van der Waals surface area contributed by atoms with E-state index in [1.807, 2.05) is 26.0 Å². The monoisotopic (exact) mass is 572 g/mol. The summed E-state index contributed by atoms with van der Waals surface area (Å²) in [7, 11) is -3.44. The summed E-state index contributed by atoms with van der Waals surface area (Å²) in [6.45, 7) is 6.63. The van der Waals surface area contributed by atoms with Crippen LogP contribution in [0.4, 0.5) is 11.4 Å². The summed E-state index contributed by atoms with van der Waals surface area (Å²) in [5.74, 6) is 1.95. The summed E-state index contributed by atoms with van der Waals surface area (Å²) in [5, 5.41) is 5.41. The molecule has 0 spiro atoms. The van der Waals surface area contributed by atoms with E-state index < -0.39 is 9.84 Å². The van der Waals surface area contributed by atoms with Gasteiger partial charge in [0, 0.05) is 25.2 Å². The maximum Gasteiger partial charge on any atom is 0.221 e. The van der Waals surface area contributed by atoms with Crippen LogP contribution in [-0.4, -0.2) is 20.2 Å². The molecule has 2 amide bonds. The first-order chi connectivity index (χ1) is 19.5. The Kier molecular flexibility index (Phi) is 9.09. The van der Waals surface area contributed by atoms with Crippen LogP contribution >= 0.6 is 0 Å². The zero-order valence-electron chi connectivity index (χ0n) is 23.4. The zero-order valence-corrected chi connectivity index (χ0v) is 24.2. The van der Waals surface area contributed by atoms with Gasteiger partial charge >= 0.3 is 0 Å². The van der Waals surface area contributed by atoms with Crippen LogP contribution in [0.15, 0.2) is 84.9 Å². The maximum absolute atomic E-state index is 13.0. The number of amides is 2. The van der Waals surface area contributed by atoms with Gasteiger partial charge in [0.1, 0.15) is 23.0 Å². The van der Waals surface area contributed by atoms with Gasteiger partial charge < -0.3 is 20.1 Å². The number of hydrogen-bond donors (Lipinski definition) is 2. The van der Waals surface area contributed by atoms with E-state index in [0.717, 1.165) is 11.1 Å². The molecule has 0 aliphatic heterocycles. The van der Waals surface area contributed by atoms with Crippen LogP contribution in [0.25, 0.3) is 0 Å². The molecule has 41 heavy (non-hydrogen) atoms. The van der Waals surface area contributed by atoms with Crippen molar-refractivity contribution in [1.29, 1.82) is 0 Å². The molecule has 2 N–H and O–H groups in total. The van der Waals surface area contributed by atoms with Gasteiger partial charge in [-0.15, -0.1) is 0 Å². The Morgan fingerprint density at radius 2 is 0.976 bits per heavy atom. The molecule has 0 aromatic heterocycles. The van der Waals surface area contributed by atoms with Crippen molar-refractivity contribution < 1.29 is 27.5 Å². The van der Waals surface area contributed by atoms with Crippen LogP contribution in [0, 0.1) is 13.8 Å². The first kappa shape index (κ1) is 29.4. The minimum atomic E-state index is -3.44. The van der Waals surface area contributed by atoms with Crippen molar-refractivity contribution in [3.8, 4) is 23.0 Å². The van der Waals surface area contributed by atoms with Gasteiger partial charge in [-0.2, -0.15) is 0 Å². The van der Waals surface area contributed by atoms with E-state index in [4.69, 9.17) is 9.47 Å². The van der Waals surface area contributed by atoms with Gasteiger partial charge in [0.2, 0.25) is 11.8 Å². The fourth-order valence-corrected chi connectivity index (χ4v) is 5.74. The molecule has 0 saturated heterocycles. The molecule has 212 valence electrons. The SMILES string of the molecule is CC(=O)Nc1ccc(Oc2ccc(CS(=O)(=O)Cc3ccc(Oc4ccc(NC(C)=O)cc4)c(C)c3)cc2C)cc1. The molecule has 0 unspecified atom stereocenters. The highest BCUT2D eigenvalue weighted by Gasteiger charge is 2.16. The Morgan fingerprint density at radius 3 is 1.29 bits per heavy atom. The smallest absolute Gasteiger partial charge is 0.221 e. The highest BCUT2D eigenvalue weighted by Crippen LogP contribution is 2.29. The first-order valence-electron chi connectivity index (χ1n) is 13.0. The van der Waals surface area contributed by atoms with Crippen LogP contribution in [0.3, 0.4) is 0 Å². The summed E-state index contributed by atoms with van der Waals surface area (Å²) < 4.78 is 38.0. The van der Waals surface area contributed by atoms with Gasteiger partial charge in [-0.05, 0) is 96.8 Å². The molecule has 0 heterocycles. The molecule has 0 saturated carbocycles. The quantitative estimate of drug-likeness (QED) is 0.213. The topological polar surface area (TPSA) is 111 Å². The standard InChI is InChI=1S/C32H32N2O6S/c1-21-17-25(5-15-31(21)39-29-11-7-27(8-12-29)33-23(3)35)19-41(37,38)20-26-6-16-32(22(2)18-26)40-30-13-9-28(10-14-30)34-24(4)36/h5-18H,19-20H2,1-4H3,(H,33,35)(H,34,36). The van der Waals surface area contributed by atoms with Gasteiger partial charge in [0.25, 0.3) is 0 Å². The van der Waals surface area contributed by atoms with Gasteiger partial charge in [-0.25, -0.2) is 8.42 Å². The van der Waals surface area contributed by atoms with E-state index in [-0.39, 0.29) is 23.3 Å². The van der Waals surface area contributed by atoms with Crippen LogP contribution in [0.2, 0.25) is 0 Å². The van der Waals surface area contributed by atoms with Crippen molar-refractivity contribution in [2.24, 2.45) is 0 Å². The Morgan fingerprint density at radius 1 is 0.610 bits per heavy atom. The number of carbonyl (C=O) groups is 2. The van der Waals surface area contributed by atoms with Crippen LogP contribution in [0.5, 0.6) is 23.0 Å². The summed E-state index contributed by atoms with van der Waals surface area (Å²) >= 11 is 0. The second-order valence-corrected chi connectivity index (χ2v) is 11.9. The first-order valence-corrected chi connectivity index (χ1v) is 14.8. The Labute approximate surface area is 240 Å². The van der Waals surface area contributed by atoms with E-state index in [2.05, 4.69) is 10.6 Å². The molecule has 4 aromatic rings. The zero-order chi connectivity index (χ0) is 29.6. The lowest BCUT2D eigenvalue weighted by molar-refractivity contribution is -0.115. The second kappa shape index (κ2) is 12.7. The van der Waals surface area contributed by atoms with E-state index >= 15 is 0 Å². The Balaban J connectivity index is 1.37. The number of benzene rings is 4. The molecule has 0 atom stereocenters. The van der Waals surface area contributed by atoms with Crippen molar-refractivity contribution in [1.82, 2.24) is 0 Å². The number of ether oxygens (including phenoxy) is 2. The van der Waals surface area contributed by atoms with Crippen LogP contribution in [-0.2, 0) is 30.9 Å². The third-order valence-corrected chi connectivity index (χ3v) is 7.60. The fourth-order valence-electron chi connectivity index (χ4n) is 4.26. The molecule has 0 bridgehead atoms. The molecular weight excluding hydrogens is 540 g/mol. The molecule has 8 nitrogen and oxygen atoms in total. The highest BCUT2D eigenvalue weighted by molar-refractivity contribution is 7.89. The summed E-state index contributed by atoms with van der Waals surface area (Å²) in [4.78, 5) is 22.4. The third kappa shape index (κ3) is 8.68. The largest absolute Gasteiger partial charge is 0.457 e. The molecule has 0 aliphatic rings. The minimum absolute atomic E-state index is 0.0997. The number of carbonyl (C=O) groups excluding carboxylic acids is 2. The summed E-state index contributed by atoms with van der Waals surface area (Å²) in [6, 6.07) is 24.7. The predicted molar refractivity (Wildman–Crippen MR) is 160 cm³/mol. The minimum Gasteiger partial charge on any atom is -0.457 e. The van der Waals surface area contributed by atoms with Gasteiger partial charge in [-0.1, -0.05) is 24.3 Å². The van der Waals surface area contributed by atoms with Crippen molar-refractivity contribution in [2.75, 3.05) is 10.6 Å². The van der Waals surface area contributed by atoms with Crippen molar-refractivity contribution in [3.05, 3.63) is 107 Å². The third-order valence-electron chi connectivity index (χ3n) is 6.06. The predicted octanol–water partition coefficient (Wildman–Crippen LogP) is 6.92. The van der Waals surface area contributed by atoms with Crippen molar-refractivity contribution >= 4 is 33.0 Å². The number of nitrogens with one attached hydrogen (secondary N) is 2. The number of aryl methyl sites for hydroxylation is 2. The molecule has 4 rings (SSSR count). The summed E-state index contributed by atoms with van der Waals surface area (Å²) in [6.07, 6.45) is 0. The molecule has 0 radical (unpaired) electrons. The normalized spacial score (nSPS) is 11.0. The van der Waals surface area contributed by atoms with Crippen LogP contribution < -0.4 is 20.1 Å². The second-order valence-electron chi connectivity index (χ2n) is 9.85. The van der Waals surface area contributed by atoms with E-state index in [0.29, 0.717) is 45.5 Å². The number of sulfone groups is 1.